The smallest absolute Gasteiger partial charge is 0.333 e. The van der Waals surface area contributed by atoms with Gasteiger partial charge in [0.2, 0.25) is 0 Å². The van der Waals surface area contributed by atoms with E-state index in [1.165, 1.54) is 153 Å². The molecular weight excluding hydrogens is 1410 g/mol. The van der Waals surface area contributed by atoms with Crippen LogP contribution in [0.4, 0.5) is 34.1 Å². The summed E-state index contributed by atoms with van der Waals surface area (Å²) in [5.41, 5.74) is 35.0. The van der Waals surface area contributed by atoms with Gasteiger partial charge in [0.15, 0.2) is 0 Å². The number of benzene rings is 20. The molecule has 0 saturated carbocycles. The first-order valence-electron chi connectivity index (χ1n) is 40.7. The topological polar surface area (TPSA) is 29.5 Å². The molecule has 7 heterocycles. The fraction of sp³-hybridized carbons (Fsp3) is 0. The lowest BCUT2D eigenvalue weighted by Gasteiger charge is -2.41. The average molecular weight is 1480 g/mol. The summed E-state index contributed by atoms with van der Waals surface area (Å²) >= 11 is 0. The van der Waals surface area contributed by atoms with Crippen LogP contribution in [0.3, 0.4) is 0 Å². The van der Waals surface area contributed by atoms with Gasteiger partial charge in [-0.3, -0.25) is 0 Å². The van der Waals surface area contributed by atoms with Gasteiger partial charge in [-0.1, -0.05) is 273 Å². The van der Waals surface area contributed by atoms with Crippen molar-refractivity contribution in [1.82, 2.24) is 8.96 Å². The van der Waals surface area contributed by atoms with Crippen LogP contribution in [0, 0.1) is 0 Å². The molecule has 0 radical (unpaired) electrons. The lowest BCUT2D eigenvalue weighted by molar-refractivity contribution is 0.670. The molecule has 0 aliphatic carbocycles. The average Bonchev–Trinajstić information content (AvgIpc) is 1.59. The molecule has 5 nitrogen and oxygen atoms in total. The van der Waals surface area contributed by atoms with Crippen LogP contribution in [0.25, 0.3) is 197 Å². The zero-order chi connectivity index (χ0) is 76.0. The Labute approximate surface area is 673 Å². The highest BCUT2D eigenvalue weighted by Crippen LogP contribution is 2.54. The van der Waals surface area contributed by atoms with Gasteiger partial charge in [-0.2, -0.15) is 0 Å². The normalized spacial score (nSPS) is 13.1. The molecule has 0 spiro atoms. The number of nitrogens with zero attached hydrogens (tertiary/aromatic N) is 4. The first-order chi connectivity index (χ1) is 58.0. The molecule has 20 aromatic carbocycles. The van der Waals surface area contributed by atoms with Crippen LogP contribution < -0.4 is 31.7 Å². The van der Waals surface area contributed by atoms with Crippen molar-refractivity contribution in [2.45, 2.75) is 0 Å². The number of hydrogen-bond acceptors (Lipinski definition) is 3. The van der Waals surface area contributed by atoms with E-state index in [4.69, 9.17) is 4.42 Å². The second kappa shape index (κ2) is 23.7. The van der Waals surface area contributed by atoms with Crippen LogP contribution in [-0.4, -0.2) is 22.7 Å². The quantitative estimate of drug-likeness (QED) is 0.118. The Kier molecular flexibility index (Phi) is 12.8. The summed E-state index contributed by atoms with van der Waals surface area (Å²) in [6.07, 6.45) is 0. The third kappa shape index (κ3) is 9.00. The fourth-order valence-corrected chi connectivity index (χ4v) is 21.4. The van der Waals surface area contributed by atoms with Crippen LogP contribution in [0.2, 0.25) is 0 Å². The highest BCUT2D eigenvalue weighted by Gasteiger charge is 2.47. The molecule has 0 bridgehead atoms. The predicted octanol–water partition coefficient (Wildman–Crippen LogP) is 26.7. The number of aromatic nitrogens is 2. The fourth-order valence-electron chi connectivity index (χ4n) is 21.4. The third-order valence-electron chi connectivity index (χ3n) is 26.4. The van der Waals surface area contributed by atoms with Crippen molar-refractivity contribution in [3.8, 4) is 77.9 Å². The van der Waals surface area contributed by atoms with E-state index in [1.807, 2.05) is 0 Å². The molecule has 3 aromatic heterocycles. The summed E-state index contributed by atoms with van der Waals surface area (Å²) < 4.78 is 13.1. The molecule has 536 valence electrons. The Morgan fingerprint density at radius 1 is 0.214 bits per heavy atom. The second-order valence-electron chi connectivity index (χ2n) is 32.6. The Bertz CT molecular complexity index is 8230. The van der Waals surface area contributed by atoms with Crippen LogP contribution >= 0.6 is 0 Å². The van der Waals surface area contributed by atoms with E-state index in [1.54, 1.807) is 0 Å². The first kappa shape index (κ1) is 63.4. The van der Waals surface area contributed by atoms with Crippen LogP contribution in [0.5, 0.6) is 0 Å². The number of hydrogen-bond donors (Lipinski definition) is 0. The monoisotopic (exact) mass is 1480 g/mol. The molecule has 4 aliphatic heterocycles. The van der Waals surface area contributed by atoms with Crippen molar-refractivity contribution >= 4 is 189 Å². The molecule has 4 aliphatic rings. The minimum Gasteiger partial charge on any atom is -0.455 e. The Hall–Kier alpha value is -15.2. The van der Waals surface area contributed by atoms with Gasteiger partial charge in [-0.15, -0.1) is 0 Å². The third-order valence-corrected chi connectivity index (χ3v) is 26.4. The number of fused-ring (bicyclic) bond motifs is 24. The summed E-state index contributed by atoms with van der Waals surface area (Å²) in [7, 11) is 0. The van der Waals surface area contributed by atoms with E-state index in [9.17, 15) is 0 Å². The minimum atomic E-state index is -0.214. The van der Waals surface area contributed by atoms with Crippen molar-refractivity contribution in [1.29, 1.82) is 0 Å². The molecule has 27 rings (SSSR count). The second-order valence-corrected chi connectivity index (χ2v) is 32.6. The molecule has 117 heavy (non-hydrogen) atoms. The van der Waals surface area contributed by atoms with E-state index in [0.717, 1.165) is 100 Å². The van der Waals surface area contributed by atoms with Crippen LogP contribution in [0.15, 0.2) is 393 Å². The first-order valence-corrected chi connectivity index (χ1v) is 40.7. The van der Waals surface area contributed by atoms with Crippen molar-refractivity contribution in [3.63, 3.8) is 0 Å². The lowest BCUT2D eigenvalue weighted by atomic mass is 9.44. The standard InChI is InChI=1S/C110H64B2N4O/c1-5-23-65(24-6-1)76-52-77(66-25-7-2-8-26-66)55-84(54-76)113-99-62-83-51-75-49-71(43-44-72(75)50-81(83)59-95(99)111-106-101(113)60-74-33-15-16-34-86(74)104(106)92-39-21-37-90-87-35-17-19-41-97(87)115(111)108(90)92)73-45-46-89-94-64-102-107-105(110(94)117-103(89)63-73)93-40-22-38-91-88-36-18-20-42-98(88)116(109(91)93)112(107)96-58-80-47-69-31-13-14-32-70(69)48-82(80)61-100(96)114(102)85-56-78(67-27-9-3-10-28-67)53-79(57-85)68-29-11-4-12-30-68/h1-64H. The Balaban J connectivity index is 0.675. The lowest BCUT2D eigenvalue weighted by Crippen LogP contribution is -2.56. The van der Waals surface area contributed by atoms with E-state index >= 15 is 0 Å². The predicted molar refractivity (Wildman–Crippen MR) is 496 cm³/mol. The van der Waals surface area contributed by atoms with Gasteiger partial charge in [0.1, 0.15) is 11.2 Å². The molecule has 23 aromatic rings. The minimum absolute atomic E-state index is 0.141. The van der Waals surface area contributed by atoms with Gasteiger partial charge in [-0.05, 0) is 252 Å². The Morgan fingerprint density at radius 3 is 1.14 bits per heavy atom. The maximum absolute atomic E-state index is 7.72. The summed E-state index contributed by atoms with van der Waals surface area (Å²) in [6, 6.07) is 147. The molecular formula is C110H64B2N4O. The van der Waals surface area contributed by atoms with Gasteiger partial charge in [0.05, 0.1) is 0 Å². The van der Waals surface area contributed by atoms with E-state index in [0.29, 0.717) is 0 Å². The molecule has 0 saturated heterocycles. The van der Waals surface area contributed by atoms with Crippen LogP contribution in [0.1, 0.15) is 0 Å². The highest BCUT2D eigenvalue weighted by atomic mass is 16.3. The summed E-state index contributed by atoms with van der Waals surface area (Å²) in [6.45, 7) is -0.355. The molecule has 7 heteroatoms. The SMILES string of the molecule is c1ccc(-c2cc(-c3ccccc3)cc(N3c4cc5cc6cc(-c7ccc8c(c7)oc7c9c%10c(cc78)N(c7cc(-c8ccccc8)cc(-c8ccccc8)c7)c7cc8cc%11ccccc%11cc8cc7B%10n7c8ccccc8c8cccc-9c87)ccc6cc5cc4B4c5c3cc3ccccc3c5-c3cccc5c6ccccc6n4c35)c2)cc1. The van der Waals surface area contributed by atoms with Crippen molar-refractivity contribution in [3.05, 3.63) is 388 Å². The molecule has 0 N–H and O–H groups in total. The van der Waals surface area contributed by atoms with E-state index < -0.39 is 0 Å². The maximum Gasteiger partial charge on any atom is 0.333 e. The zero-order valence-corrected chi connectivity index (χ0v) is 63.3. The Morgan fingerprint density at radius 2 is 0.607 bits per heavy atom. The number of anilines is 6. The van der Waals surface area contributed by atoms with Crippen LogP contribution in [-0.2, 0) is 0 Å². The van der Waals surface area contributed by atoms with Crippen molar-refractivity contribution in [2.24, 2.45) is 0 Å². The van der Waals surface area contributed by atoms with Crippen molar-refractivity contribution in [2.75, 3.05) is 9.80 Å². The van der Waals surface area contributed by atoms with Gasteiger partial charge < -0.3 is 23.2 Å². The molecule has 0 amide bonds. The molecule has 0 fully saturated rings. The van der Waals surface area contributed by atoms with Gasteiger partial charge in [0.25, 0.3) is 0 Å². The molecule has 0 unspecified atom stereocenters. The van der Waals surface area contributed by atoms with Crippen molar-refractivity contribution < 1.29 is 4.42 Å². The zero-order valence-electron chi connectivity index (χ0n) is 63.3. The van der Waals surface area contributed by atoms with Gasteiger partial charge in [0, 0.05) is 105 Å². The maximum atomic E-state index is 7.72. The summed E-state index contributed by atoms with van der Waals surface area (Å²) in [5, 5.41) is 19.2. The van der Waals surface area contributed by atoms with Gasteiger partial charge >= 0.3 is 13.7 Å². The van der Waals surface area contributed by atoms with Gasteiger partial charge in [-0.25, -0.2) is 0 Å². The highest BCUT2D eigenvalue weighted by molar-refractivity contribution is 6.91. The van der Waals surface area contributed by atoms with E-state index in [-0.39, 0.29) is 13.7 Å². The number of rotatable bonds is 7. The van der Waals surface area contributed by atoms with E-state index in [2.05, 4.69) is 407 Å². The number of para-hydroxylation sites is 4. The largest absolute Gasteiger partial charge is 0.455 e. The number of furan rings is 1. The summed E-state index contributed by atoms with van der Waals surface area (Å²) in [4.78, 5) is 5.22. The molecule has 0 atom stereocenters. The summed E-state index contributed by atoms with van der Waals surface area (Å²) in [5.74, 6) is 0.